The fraction of sp³-hybridized carbons (Fsp3) is 0.308. The van der Waals surface area contributed by atoms with Crippen molar-refractivity contribution in [2.45, 2.75) is 25.0 Å². The van der Waals surface area contributed by atoms with Crippen molar-refractivity contribution in [3.05, 3.63) is 41.3 Å². The normalized spacial score (nSPS) is 20.1. The smallest absolute Gasteiger partial charge is 0.157 e. The molecule has 1 aliphatic rings. The molecule has 1 atom stereocenters. The SMILES string of the molecule is CCC1CC=C(/C=N/Oc2ccccc2)S1. The first-order valence-electron chi connectivity index (χ1n) is 5.50. The van der Waals surface area contributed by atoms with E-state index in [4.69, 9.17) is 4.84 Å². The topological polar surface area (TPSA) is 21.6 Å². The Kier molecular flexibility index (Phi) is 4.05. The molecule has 0 N–H and O–H groups in total. The molecule has 0 fully saturated rings. The Hall–Kier alpha value is -1.22. The van der Waals surface area contributed by atoms with Crippen LogP contribution in [0.15, 0.2) is 46.5 Å². The number of hydrogen-bond acceptors (Lipinski definition) is 3. The summed E-state index contributed by atoms with van der Waals surface area (Å²) in [7, 11) is 0. The number of allylic oxidation sites excluding steroid dienone is 2. The first-order chi connectivity index (χ1) is 7.88. The Morgan fingerprint density at radius 3 is 2.94 bits per heavy atom. The van der Waals surface area contributed by atoms with E-state index in [0.717, 1.165) is 17.4 Å². The number of hydrogen-bond donors (Lipinski definition) is 0. The van der Waals surface area contributed by atoms with Crippen LogP contribution in [-0.2, 0) is 0 Å². The monoisotopic (exact) mass is 233 g/mol. The minimum absolute atomic E-state index is 0.721. The number of nitrogens with zero attached hydrogens (tertiary/aromatic N) is 1. The molecule has 16 heavy (non-hydrogen) atoms. The summed E-state index contributed by atoms with van der Waals surface area (Å²) >= 11 is 1.88. The Labute approximate surface area is 100 Å². The highest BCUT2D eigenvalue weighted by molar-refractivity contribution is 8.04. The maximum Gasteiger partial charge on any atom is 0.157 e. The molecule has 2 nitrogen and oxygen atoms in total. The lowest BCUT2D eigenvalue weighted by Crippen LogP contribution is -1.92. The van der Waals surface area contributed by atoms with Gasteiger partial charge in [0.2, 0.25) is 0 Å². The summed E-state index contributed by atoms with van der Waals surface area (Å²) in [5.41, 5.74) is 0. The van der Waals surface area contributed by atoms with Crippen LogP contribution in [-0.4, -0.2) is 11.5 Å². The molecule has 1 unspecified atom stereocenters. The van der Waals surface area contributed by atoms with Gasteiger partial charge in [-0.3, -0.25) is 0 Å². The minimum atomic E-state index is 0.721. The summed E-state index contributed by atoms with van der Waals surface area (Å²) < 4.78 is 0. The van der Waals surface area contributed by atoms with Crippen molar-refractivity contribution in [2.75, 3.05) is 0 Å². The second-order valence-electron chi connectivity index (χ2n) is 3.63. The van der Waals surface area contributed by atoms with E-state index < -0.39 is 0 Å². The van der Waals surface area contributed by atoms with E-state index in [2.05, 4.69) is 18.2 Å². The van der Waals surface area contributed by atoms with Crippen molar-refractivity contribution in [1.82, 2.24) is 0 Å². The van der Waals surface area contributed by atoms with Crippen LogP contribution in [0.5, 0.6) is 5.75 Å². The predicted molar refractivity (Wildman–Crippen MR) is 69.9 cm³/mol. The lowest BCUT2D eigenvalue weighted by molar-refractivity contribution is 0.344. The van der Waals surface area contributed by atoms with Crippen molar-refractivity contribution >= 4 is 18.0 Å². The molecule has 1 heterocycles. The van der Waals surface area contributed by atoms with Gasteiger partial charge in [0.05, 0.1) is 6.21 Å². The molecular weight excluding hydrogens is 218 g/mol. The van der Waals surface area contributed by atoms with Crippen molar-refractivity contribution in [3.8, 4) is 5.75 Å². The van der Waals surface area contributed by atoms with Gasteiger partial charge in [0.25, 0.3) is 0 Å². The molecule has 0 bridgehead atoms. The van der Waals surface area contributed by atoms with Crippen LogP contribution in [0, 0.1) is 0 Å². The van der Waals surface area contributed by atoms with E-state index in [1.807, 2.05) is 42.1 Å². The summed E-state index contributed by atoms with van der Waals surface area (Å²) in [6.45, 7) is 2.21. The molecule has 1 aromatic carbocycles. The summed E-state index contributed by atoms with van der Waals surface area (Å²) in [5.74, 6) is 0.773. The summed E-state index contributed by atoms with van der Waals surface area (Å²) in [5, 5.41) is 4.70. The van der Waals surface area contributed by atoms with Crippen LogP contribution >= 0.6 is 11.8 Å². The molecule has 0 aromatic heterocycles. The maximum atomic E-state index is 5.25. The fourth-order valence-electron chi connectivity index (χ4n) is 1.49. The van der Waals surface area contributed by atoms with Gasteiger partial charge in [-0.05, 0) is 25.0 Å². The van der Waals surface area contributed by atoms with E-state index >= 15 is 0 Å². The van der Waals surface area contributed by atoms with E-state index in [0.29, 0.717) is 0 Å². The Morgan fingerprint density at radius 2 is 2.25 bits per heavy atom. The zero-order chi connectivity index (χ0) is 11.2. The van der Waals surface area contributed by atoms with E-state index in [9.17, 15) is 0 Å². The maximum absolute atomic E-state index is 5.25. The molecule has 3 heteroatoms. The van der Waals surface area contributed by atoms with Gasteiger partial charge in [-0.15, -0.1) is 11.8 Å². The molecule has 0 saturated carbocycles. The van der Waals surface area contributed by atoms with Crippen molar-refractivity contribution in [3.63, 3.8) is 0 Å². The number of thioether (sulfide) groups is 1. The minimum Gasteiger partial charge on any atom is -0.357 e. The quantitative estimate of drug-likeness (QED) is 0.582. The molecule has 0 amide bonds. The second-order valence-corrected chi connectivity index (χ2v) is 5.00. The van der Waals surface area contributed by atoms with Crippen LogP contribution in [0.4, 0.5) is 0 Å². The summed E-state index contributed by atoms with van der Waals surface area (Å²) in [6.07, 6.45) is 6.37. The molecule has 0 radical (unpaired) electrons. The van der Waals surface area contributed by atoms with Crippen molar-refractivity contribution < 1.29 is 4.84 Å². The van der Waals surface area contributed by atoms with Gasteiger partial charge in [0.1, 0.15) is 0 Å². The van der Waals surface area contributed by atoms with E-state index in [-0.39, 0.29) is 0 Å². The van der Waals surface area contributed by atoms with Crippen LogP contribution < -0.4 is 4.84 Å². The highest BCUT2D eigenvalue weighted by Gasteiger charge is 2.14. The van der Waals surface area contributed by atoms with Crippen LogP contribution in [0.1, 0.15) is 19.8 Å². The summed E-state index contributed by atoms with van der Waals surface area (Å²) in [6, 6.07) is 9.60. The molecule has 84 valence electrons. The molecule has 2 rings (SSSR count). The van der Waals surface area contributed by atoms with Gasteiger partial charge in [-0.25, -0.2) is 0 Å². The van der Waals surface area contributed by atoms with Gasteiger partial charge in [-0.2, -0.15) is 0 Å². The molecule has 0 aliphatic carbocycles. The first kappa shape index (κ1) is 11.3. The number of benzene rings is 1. The lowest BCUT2D eigenvalue weighted by atomic mass is 10.2. The van der Waals surface area contributed by atoms with Crippen molar-refractivity contribution in [1.29, 1.82) is 0 Å². The van der Waals surface area contributed by atoms with Crippen LogP contribution in [0.3, 0.4) is 0 Å². The van der Waals surface area contributed by atoms with Gasteiger partial charge in [0.15, 0.2) is 5.75 Å². The molecular formula is C13H15NOS. The standard InChI is InChI=1S/C13H15NOS/c1-2-12-8-9-13(16-12)10-14-15-11-6-4-3-5-7-11/h3-7,9-10,12H,2,8H2,1H3/b14-10+. The fourth-order valence-corrected chi connectivity index (χ4v) is 2.53. The van der Waals surface area contributed by atoms with E-state index in [1.54, 1.807) is 6.21 Å². The van der Waals surface area contributed by atoms with Gasteiger partial charge < -0.3 is 4.84 Å². The van der Waals surface area contributed by atoms with Crippen LogP contribution in [0.2, 0.25) is 0 Å². The third kappa shape index (κ3) is 3.14. The average Bonchev–Trinajstić information content (AvgIpc) is 2.78. The third-order valence-corrected chi connectivity index (χ3v) is 3.82. The average molecular weight is 233 g/mol. The Bertz CT molecular complexity index is 386. The van der Waals surface area contributed by atoms with Crippen molar-refractivity contribution in [2.24, 2.45) is 5.16 Å². The largest absolute Gasteiger partial charge is 0.357 e. The third-order valence-electron chi connectivity index (χ3n) is 2.42. The first-order valence-corrected chi connectivity index (χ1v) is 6.38. The molecule has 1 aliphatic heterocycles. The number of oxime groups is 1. The number of rotatable bonds is 4. The zero-order valence-electron chi connectivity index (χ0n) is 9.30. The predicted octanol–water partition coefficient (Wildman–Crippen LogP) is 3.85. The summed E-state index contributed by atoms with van der Waals surface area (Å²) in [4.78, 5) is 6.46. The Morgan fingerprint density at radius 1 is 1.44 bits per heavy atom. The second kappa shape index (κ2) is 5.75. The zero-order valence-corrected chi connectivity index (χ0v) is 10.1. The Balaban J connectivity index is 1.83. The lowest BCUT2D eigenvalue weighted by Gasteiger charge is -2.02. The van der Waals surface area contributed by atoms with Gasteiger partial charge in [-0.1, -0.05) is 36.4 Å². The van der Waals surface area contributed by atoms with Crippen LogP contribution in [0.25, 0.3) is 0 Å². The molecule has 0 spiro atoms. The highest BCUT2D eigenvalue weighted by atomic mass is 32.2. The van der Waals surface area contributed by atoms with Gasteiger partial charge >= 0.3 is 0 Å². The van der Waals surface area contributed by atoms with E-state index in [1.165, 1.54) is 11.3 Å². The number of para-hydroxylation sites is 1. The highest BCUT2D eigenvalue weighted by Crippen LogP contribution is 2.32. The van der Waals surface area contributed by atoms with Gasteiger partial charge in [0, 0.05) is 10.2 Å². The molecule has 0 saturated heterocycles. The molecule has 1 aromatic rings.